The predicted molar refractivity (Wildman–Crippen MR) is 103 cm³/mol. The maximum absolute atomic E-state index is 12.2. The summed E-state index contributed by atoms with van der Waals surface area (Å²) < 4.78 is 5.38. The van der Waals surface area contributed by atoms with Gasteiger partial charge in [0, 0.05) is 43.1 Å². The molecule has 1 saturated heterocycles. The molecule has 2 N–H and O–H groups in total. The van der Waals surface area contributed by atoms with Crippen LogP contribution < -0.4 is 10.6 Å². The topological polar surface area (TPSA) is 96.7 Å². The summed E-state index contributed by atoms with van der Waals surface area (Å²) >= 11 is 0. The van der Waals surface area contributed by atoms with Crippen LogP contribution in [-0.2, 0) is 16.1 Å². The highest BCUT2D eigenvalue weighted by molar-refractivity contribution is 5.93. The van der Waals surface area contributed by atoms with E-state index in [4.69, 9.17) is 4.74 Å². The van der Waals surface area contributed by atoms with Crippen LogP contribution in [-0.4, -0.2) is 48.6 Å². The molecule has 1 aliphatic heterocycles. The number of hydrogen-bond donors (Lipinski definition) is 2. The fourth-order valence-corrected chi connectivity index (χ4v) is 2.88. The van der Waals surface area contributed by atoms with E-state index in [1.165, 1.54) is 24.3 Å². The highest BCUT2D eigenvalue weighted by atomic mass is 16.6. The predicted octanol–water partition coefficient (Wildman–Crippen LogP) is 2.48. The Kier molecular flexibility index (Phi) is 6.35. The smallest absolute Gasteiger partial charge is 0.269 e. The number of para-hydroxylation sites is 1. The number of hydrogen-bond acceptors (Lipinski definition) is 6. The lowest BCUT2D eigenvalue weighted by molar-refractivity contribution is -0.384. The van der Waals surface area contributed by atoms with Crippen LogP contribution in [0.3, 0.4) is 0 Å². The first-order valence-electron chi connectivity index (χ1n) is 8.78. The van der Waals surface area contributed by atoms with E-state index in [9.17, 15) is 14.9 Å². The van der Waals surface area contributed by atoms with E-state index >= 15 is 0 Å². The largest absolute Gasteiger partial charge is 0.379 e. The van der Waals surface area contributed by atoms with E-state index in [1.807, 2.05) is 24.3 Å². The fraction of sp³-hybridized carbons (Fsp3) is 0.316. The molecule has 2 aromatic carbocycles. The van der Waals surface area contributed by atoms with E-state index < -0.39 is 4.92 Å². The monoisotopic (exact) mass is 370 g/mol. The Hall–Kier alpha value is -2.97. The first kappa shape index (κ1) is 18.8. The number of nitro benzene ring substituents is 1. The van der Waals surface area contributed by atoms with Gasteiger partial charge in [0.1, 0.15) is 0 Å². The molecule has 0 saturated carbocycles. The first-order chi connectivity index (χ1) is 13.1. The number of benzene rings is 2. The Morgan fingerprint density at radius 1 is 1.11 bits per heavy atom. The minimum absolute atomic E-state index is 0.0110. The highest BCUT2D eigenvalue weighted by Crippen LogP contribution is 2.18. The molecule has 1 amide bonds. The lowest BCUT2D eigenvalue weighted by Crippen LogP contribution is -2.35. The summed E-state index contributed by atoms with van der Waals surface area (Å²) in [5.74, 6) is -0.218. The van der Waals surface area contributed by atoms with Gasteiger partial charge in [0.05, 0.1) is 24.7 Å². The second-order valence-electron chi connectivity index (χ2n) is 6.25. The van der Waals surface area contributed by atoms with Crippen molar-refractivity contribution >= 4 is 23.0 Å². The van der Waals surface area contributed by atoms with E-state index in [-0.39, 0.29) is 18.1 Å². The molecule has 27 heavy (non-hydrogen) atoms. The summed E-state index contributed by atoms with van der Waals surface area (Å²) in [6.07, 6.45) is 0. The number of morpholine rings is 1. The number of ether oxygens (including phenoxy) is 1. The number of non-ortho nitro benzene ring substituents is 1. The summed E-state index contributed by atoms with van der Waals surface area (Å²) in [5, 5.41) is 16.6. The number of nitro groups is 1. The van der Waals surface area contributed by atoms with Gasteiger partial charge in [-0.25, -0.2) is 0 Å². The Bertz CT molecular complexity index is 789. The van der Waals surface area contributed by atoms with Crippen LogP contribution in [0, 0.1) is 10.1 Å². The lowest BCUT2D eigenvalue weighted by Gasteiger charge is -2.27. The molecule has 0 atom stereocenters. The molecule has 0 aromatic heterocycles. The van der Waals surface area contributed by atoms with Crippen molar-refractivity contribution in [3.05, 3.63) is 64.2 Å². The van der Waals surface area contributed by atoms with Crippen molar-refractivity contribution in [3.8, 4) is 0 Å². The van der Waals surface area contributed by atoms with E-state index in [0.29, 0.717) is 5.69 Å². The summed E-state index contributed by atoms with van der Waals surface area (Å²) in [6, 6.07) is 13.7. The Morgan fingerprint density at radius 3 is 2.52 bits per heavy atom. The Balaban J connectivity index is 1.54. The van der Waals surface area contributed by atoms with Crippen molar-refractivity contribution in [1.29, 1.82) is 0 Å². The van der Waals surface area contributed by atoms with Gasteiger partial charge < -0.3 is 15.4 Å². The van der Waals surface area contributed by atoms with Gasteiger partial charge in [-0.2, -0.15) is 0 Å². The number of nitrogens with one attached hydrogen (secondary N) is 2. The van der Waals surface area contributed by atoms with E-state index in [1.54, 1.807) is 0 Å². The molecular weight excluding hydrogens is 348 g/mol. The van der Waals surface area contributed by atoms with Crippen molar-refractivity contribution in [2.75, 3.05) is 43.5 Å². The van der Waals surface area contributed by atoms with Crippen molar-refractivity contribution in [2.45, 2.75) is 6.54 Å². The molecular formula is C19H22N4O4. The molecule has 1 aliphatic rings. The summed E-state index contributed by atoms with van der Waals surface area (Å²) in [5.41, 5.74) is 2.56. The van der Waals surface area contributed by atoms with Gasteiger partial charge in [-0.3, -0.25) is 19.8 Å². The maximum atomic E-state index is 12.2. The van der Waals surface area contributed by atoms with Crippen LogP contribution in [0.5, 0.6) is 0 Å². The van der Waals surface area contributed by atoms with Crippen LogP contribution in [0.4, 0.5) is 17.1 Å². The third-order valence-electron chi connectivity index (χ3n) is 4.32. The average molecular weight is 370 g/mol. The zero-order valence-corrected chi connectivity index (χ0v) is 14.9. The van der Waals surface area contributed by atoms with Gasteiger partial charge in [0.15, 0.2) is 0 Å². The number of anilines is 2. The molecule has 8 heteroatoms. The van der Waals surface area contributed by atoms with E-state index in [2.05, 4.69) is 15.5 Å². The summed E-state index contributed by atoms with van der Waals surface area (Å²) in [4.78, 5) is 24.7. The van der Waals surface area contributed by atoms with Crippen LogP contribution in [0.15, 0.2) is 48.5 Å². The van der Waals surface area contributed by atoms with Crippen molar-refractivity contribution in [3.63, 3.8) is 0 Å². The number of amides is 1. The summed E-state index contributed by atoms with van der Waals surface area (Å²) in [6.45, 7) is 4.19. The van der Waals surface area contributed by atoms with Gasteiger partial charge in [-0.15, -0.1) is 0 Å². The minimum atomic E-state index is -0.474. The molecule has 0 aliphatic carbocycles. The number of rotatable bonds is 7. The molecule has 0 spiro atoms. The Labute approximate surface area is 157 Å². The molecule has 0 radical (unpaired) electrons. The van der Waals surface area contributed by atoms with Crippen molar-refractivity contribution in [2.24, 2.45) is 0 Å². The highest BCUT2D eigenvalue weighted by Gasteiger charge is 2.13. The molecule has 2 aromatic rings. The lowest BCUT2D eigenvalue weighted by atomic mass is 10.1. The first-order valence-corrected chi connectivity index (χ1v) is 8.78. The van der Waals surface area contributed by atoms with Gasteiger partial charge in [-0.05, 0) is 23.8 Å². The molecule has 1 heterocycles. The Morgan fingerprint density at radius 2 is 1.81 bits per heavy atom. The maximum Gasteiger partial charge on any atom is 0.269 e. The molecule has 0 unspecified atom stereocenters. The third-order valence-corrected chi connectivity index (χ3v) is 4.32. The second-order valence-corrected chi connectivity index (χ2v) is 6.25. The van der Waals surface area contributed by atoms with Gasteiger partial charge in [0.25, 0.3) is 5.69 Å². The molecule has 0 bridgehead atoms. The fourth-order valence-electron chi connectivity index (χ4n) is 2.88. The normalized spacial score (nSPS) is 14.5. The van der Waals surface area contributed by atoms with Crippen molar-refractivity contribution in [1.82, 2.24) is 4.90 Å². The van der Waals surface area contributed by atoms with Gasteiger partial charge >= 0.3 is 0 Å². The van der Waals surface area contributed by atoms with Gasteiger partial charge in [-0.1, -0.05) is 18.2 Å². The van der Waals surface area contributed by atoms with Crippen molar-refractivity contribution < 1.29 is 14.5 Å². The molecule has 3 rings (SSSR count). The second kappa shape index (κ2) is 9.11. The summed E-state index contributed by atoms with van der Waals surface area (Å²) in [7, 11) is 0. The minimum Gasteiger partial charge on any atom is -0.379 e. The SMILES string of the molecule is O=C(CNc1ccccc1CN1CCOCC1)Nc1ccc([N+](=O)[O-])cc1. The third kappa shape index (κ3) is 5.50. The van der Waals surface area contributed by atoms with Crippen LogP contribution in [0.1, 0.15) is 5.56 Å². The number of carbonyl (C=O) groups excluding carboxylic acids is 1. The quantitative estimate of drug-likeness (QED) is 0.574. The zero-order chi connectivity index (χ0) is 19.1. The van der Waals surface area contributed by atoms with Crippen LogP contribution >= 0.6 is 0 Å². The van der Waals surface area contributed by atoms with E-state index in [0.717, 1.165) is 44.1 Å². The number of carbonyl (C=O) groups is 1. The average Bonchev–Trinajstić information content (AvgIpc) is 2.68. The zero-order valence-electron chi connectivity index (χ0n) is 14.9. The van der Waals surface area contributed by atoms with Gasteiger partial charge in [0.2, 0.25) is 5.91 Å². The number of nitrogens with zero attached hydrogens (tertiary/aromatic N) is 2. The van der Waals surface area contributed by atoms with Crippen LogP contribution in [0.25, 0.3) is 0 Å². The standard InChI is InChI=1S/C19H22N4O4/c24-19(21-16-5-7-17(8-6-16)23(25)26)13-20-18-4-2-1-3-15(18)14-22-9-11-27-12-10-22/h1-8,20H,9-14H2,(H,21,24). The molecule has 142 valence electrons. The molecule has 8 nitrogen and oxygen atoms in total. The van der Waals surface area contributed by atoms with Crippen LogP contribution in [0.2, 0.25) is 0 Å². The molecule has 1 fully saturated rings.